The molecule has 116 valence electrons. The Morgan fingerprint density at radius 1 is 1.43 bits per heavy atom. The van der Waals surface area contributed by atoms with Crippen LogP contribution in [-0.2, 0) is 10.0 Å². The summed E-state index contributed by atoms with van der Waals surface area (Å²) in [4.78, 5) is 21.0. The number of nitrogens with one attached hydrogen (secondary N) is 1. The summed E-state index contributed by atoms with van der Waals surface area (Å²) in [6, 6.07) is 3.27. The van der Waals surface area contributed by atoms with Crippen molar-refractivity contribution in [1.29, 1.82) is 0 Å². The molecular formula is C11H15N3O6S. The molecule has 0 heterocycles. The summed E-state index contributed by atoms with van der Waals surface area (Å²) in [5, 5.41) is 22.3. The van der Waals surface area contributed by atoms with Gasteiger partial charge in [-0.15, -0.1) is 0 Å². The Morgan fingerprint density at radius 3 is 2.52 bits per heavy atom. The Kier molecular flexibility index (Phi) is 5.22. The summed E-state index contributed by atoms with van der Waals surface area (Å²) in [6.45, 7) is -0.0789. The van der Waals surface area contributed by atoms with E-state index in [2.05, 4.69) is 5.32 Å². The third-order valence-corrected chi connectivity index (χ3v) is 4.50. The SMILES string of the molecule is CN(C)S(=O)(=O)CCNc1cc(C(=O)O)ccc1[N+](=O)[O-]. The van der Waals surface area contributed by atoms with Crippen molar-refractivity contribution in [3.05, 3.63) is 33.9 Å². The fourth-order valence-corrected chi connectivity index (χ4v) is 2.19. The van der Waals surface area contributed by atoms with Crippen LogP contribution >= 0.6 is 0 Å². The predicted molar refractivity (Wildman–Crippen MR) is 76.0 cm³/mol. The maximum atomic E-state index is 11.6. The number of aromatic carboxylic acids is 1. The number of carboxylic acid groups (broad SMARTS) is 1. The van der Waals surface area contributed by atoms with Gasteiger partial charge in [0.15, 0.2) is 0 Å². The Hall–Kier alpha value is -2.20. The number of nitrogens with zero attached hydrogens (tertiary/aromatic N) is 2. The molecule has 0 aliphatic heterocycles. The molecule has 9 nitrogen and oxygen atoms in total. The van der Waals surface area contributed by atoms with Crippen molar-refractivity contribution >= 4 is 27.4 Å². The molecule has 0 amide bonds. The van der Waals surface area contributed by atoms with Crippen molar-refractivity contribution in [3.63, 3.8) is 0 Å². The van der Waals surface area contributed by atoms with Gasteiger partial charge in [-0.25, -0.2) is 17.5 Å². The quantitative estimate of drug-likeness (QED) is 0.556. The van der Waals surface area contributed by atoms with Crippen LogP contribution in [0.3, 0.4) is 0 Å². The van der Waals surface area contributed by atoms with Gasteiger partial charge < -0.3 is 10.4 Å². The minimum Gasteiger partial charge on any atom is -0.478 e. The van der Waals surface area contributed by atoms with Gasteiger partial charge in [0.05, 0.1) is 16.2 Å². The highest BCUT2D eigenvalue weighted by atomic mass is 32.2. The van der Waals surface area contributed by atoms with Crippen LogP contribution in [0.1, 0.15) is 10.4 Å². The molecule has 0 radical (unpaired) electrons. The number of hydrogen-bond acceptors (Lipinski definition) is 6. The van der Waals surface area contributed by atoms with Gasteiger partial charge in [-0.05, 0) is 12.1 Å². The zero-order valence-corrected chi connectivity index (χ0v) is 12.3. The van der Waals surface area contributed by atoms with E-state index in [1.807, 2.05) is 0 Å². The standard InChI is InChI=1S/C11H15N3O6S/c1-13(2)21(19,20)6-5-12-9-7-8(11(15)16)3-4-10(9)14(17)18/h3-4,7,12H,5-6H2,1-2H3,(H,15,16). The van der Waals surface area contributed by atoms with E-state index in [4.69, 9.17) is 5.11 Å². The first-order valence-electron chi connectivity index (χ1n) is 5.81. The summed E-state index contributed by atoms with van der Waals surface area (Å²) in [5.74, 6) is -1.50. The molecule has 1 rings (SSSR count). The van der Waals surface area contributed by atoms with Crippen LogP contribution < -0.4 is 5.32 Å². The summed E-state index contributed by atoms with van der Waals surface area (Å²) >= 11 is 0. The normalized spacial score (nSPS) is 11.4. The lowest BCUT2D eigenvalue weighted by Gasteiger charge is -2.12. The van der Waals surface area contributed by atoms with Crippen LogP contribution in [0.2, 0.25) is 0 Å². The second-order valence-electron chi connectivity index (χ2n) is 4.32. The molecule has 1 aromatic rings. The first-order chi connectivity index (χ1) is 9.65. The average molecular weight is 317 g/mol. The number of nitro benzene ring substituents is 1. The number of benzene rings is 1. The second-order valence-corrected chi connectivity index (χ2v) is 6.62. The lowest BCUT2D eigenvalue weighted by Crippen LogP contribution is -2.28. The van der Waals surface area contributed by atoms with E-state index in [1.54, 1.807) is 0 Å². The molecule has 2 N–H and O–H groups in total. The maximum absolute atomic E-state index is 11.6. The minimum absolute atomic E-state index is 0.0335. The van der Waals surface area contributed by atoms with E-state index in [0.717, 1.165) is 22.5 Å². The number of rotatable bonds is 7. The summed E-state index contributed by atoms with van der Waals surface area (Å²) in [6.07, 6.45) is 0. The maximum Gasteiger partial charge on any atom is 0.335 e. The molecule has 0 aromatic heterocycles. The van der Waals surface area contributed by atoms with Gasteiger partial charge >= 0.3 is 5.97 Å². The smallest absolute Gasteiger partial charge is 0.335 e. The van der Waals surface area contributed by atoms with Gasteiger partial charge in [-0.1, -0.05) is 0 Å². The van der Waals surface area contributed by atoms with Crippen LogP contribution in [0.25, 0.3) is 0 Å². The molecule has 0 unspecified atom stereocenters. The van der Waals surface area contributed by atoms with Gasteiger partial charge in [0.2, 0.25) is 10.0 Å². The van der Waals surface area contributed by atoms with Crippen molar-refractivity contribution in [3.8, 4) is 0 Å². The van der Waals surface area contributed by atoms with Crippen molar-refractivity contribution in [2.75, 3.05) is 31.7 Å². The minimum atomic E-state index is -3.44. The highest BCUT2D eigenvalue weighted by Crippen LogP contribution is 2.25. The topological polar surface area (TPSA) is 130 Å². The van der Waals surface area contributed by atoms with Gasteiger partial charge in [-0.2, -0.15) is 0 Å². The second kappa shape index (κ2) is 6.50. The number of carbonyl (C=O) groups is 1. The van der Waals surface area contributed by atoms with E-state index in [-0.39, 0.29) is 29.2 Å². The van der Waals surface area contributed by atoms with Gasteiger partial charge in [0, 0.05) is 26.7 Å². The largest absolute Gasteiger partial charge is 0.478 e. The number of hydrogen-bond donors (Lipinski definition) is 2. The Bertz CT molecular complexity index is 656. The molecule has 0 bridgehead atoms. The van der Waals surface area contributed by atoms with Gasteiger partial charge in [-0.3, -0.25) is 10.1 Å². The van der Waals surface area contributed by atoms with E-state index in [1.165, 1.54) is 14.1 Å². The van der Waals surface area contributed by atoms with Gasteiger partial charge in [0.1, 0.15) is 5.69 Å². The molecule has 1 aromatic carbocycles. The molecule has 0 saturated heterocycles. The third-order valence-electron chi connectivity index (χ3n) is 2.67. The van der Waals surface area contributed by atoms with Crippen molar-refractivity contribution in [1.82, 2.24) is 4.31 Å². The lowest BCUT2D eigenvalue weighted by molar-refractivity contribution is -0.384. The first kappa shape index (κ1) is 16.9. The van der Waals surface area contributed by atoms with E-state index in [9.17, 15) is 23.3 Å². The zero-order valence-electron chi connectivity index (χ0n) is 11.4. The molecule has 0 aliphatic carbocycles. The molecule has 0 aliphatic rings. The Balaban J connectivity index is 2.93. The summed E-state index contributed by atoms with van der Waals surface area (Å²) in [5.41, 5.74) is -0.477. The number of sulfonamides is 1. The fourth-order valence-electron chi connectivity index (χ4n) is 1.47. The Morgan fingerprint density at radius 2 is 2.05 bits per heavy atom. The average Bonchev–Trinajstić information content (AvgIpc) is 2.37. The van der Waals surface area contributed by atoms with Crippen LogP contribution in [-0.4, -0.2) is 55.1 Å². The molecule has 0 fully saturated rings. The third kappa shape index (κ3) is 4.39. The van der Waals surface area contributed by atoms with E-state index in [0.29, 0.717) is 0 Å². The number of anilines is 1. The van der Waals surface area contributed by atoms with Crippen molar-refractivity contribution in [2.45, 2.75) is 0 Å². The predicted octanol–water partition coefficient (Wildman–Crippen LogP) is 0.596. The molecule has 0 atom stereocenters. The first-order valence-corrected chi connectivity index (χ1v) is 7.42. The molecular weight excluding hydrogens is 302 g/mol. The number of carboxylic acids is 1. The van der Waals surface area contributed by atoms with E-state index >= 15 is 0 Å². The van der Waals surface area contributed by atoms with Crippen LogP contribution in [0.15, 0.2) is 18.2 Å². The molecule has 0 saturated carbocycles. The Labute approximate surface area is 121 Å². The summed E-state index contributed by atoms with van der Waals surface area (Å²) in [7, 11) is -0.688. The van der Waals surface area contributed by atoms with Crippen LogP contribution in [0, 0.1) is 10.1 Å². The van der Waals surface area contributed by atoms with Crippen molar-refractivity contribution < 1.29 is 23.2 Å². The van der Waals surface area contributed by atoms with Crippen molar-refractivity contribution in [2.24, 2.45) is 0 Å². The zero-order chi connectivity index (χ0) is 16.2. The van der Waals surface area contributed by atoms with Crippen LogP contribution in [0.4, 0.5) is 11.4 Å². The molecule has 10 heteroatoms. The monoisotopic (exact) mass is 317 g/mol. The summed E-state index contributed by atoms with van der Waals surface area (Å²) < 4.78 is 24.2. The lowest BCUT2D eigenvalue weighted by atomic mass is 10.1. The molecule has 21 heavy (non-hydrogen) atoms. The molecule has 0 spiro atoms. The highest BCUT2D eigenvalue weighted by Gasteiger charge is 2.18. The van der Waals surface area contributed by atoms with Crippen LogP contribution in [0.5, 0.6) is 0 Å². The number of nitro groups is 1. The van der Waals surface area contributed by atoms with Gasteiger partial charge in [0.25, 0.3) is 5.69 Å². The fraction of sp³-hybridized carbons (Fsp3) is 0.364. The highest BCUT2D eigenvalue weighted by molar-refractivity contribution is 7.89. The van der Waals surface area contributed by atoms with E-state index < -0.39 is 20.9 Å².